The van der Waals surface area contributed by atoms with Crippen molar-refractivity contribution in [1.29, 1.82) is 5.26 Å². The number of pyridine rings is 2. The number of ether oxygens (including phenoxy) is 1. The van der Waals surface area contributed by atoms with Crippen LogP contribution in [0.2, 0.25) is 0 Å². The number of nitrogens with one attached hydrogen (secondary N) is 2. The molecule has 0 aliphatic carbocycles. The number of hydrogen-bond donors (Lipinski definition) is 2. The summed E-state index contributed by atoms with van der Waals surface area (Å²) in [6.07, 6.45) is 0.416. The standard InChI is InChI=1S/C24H22IN10OP.C2H6/c1-13-27-23(34(3)33-13)16-8-6-9-17(22(16)36-4)30-18-11-20(31-19-10-5-7-15(12-26)29-19)32-24-21(18)28-14(2)35(24)37-25;1-2/h5-11,37H,1-4H3,(H2,29,30,31,32);1-2H3. The van der Waals surface area contributed by atoms with Crippen molar-refractivity contribution in [2.75, 3.05) is 17.7 Å². The SMILES string of the molecule is CC.COc1c(Nc2cc(Nc3cccc(C#N)n3)nc3c2nc(C)n3PI)cccc1-c1nc(C)nn1C. The number of methoxy groups -OCH3 is 1. The molecule has 0 aliphatic heterocycles. The van der Waals surface area contributed by atoms with Crippen LogP contribution in [0, 0.1) is 25.2 Å². The molecule has 0 amide bonds. The van der Waals surface area contributed by atoms with Crippen LogP contribution < -0.4 is 15.4 Å². The van der Waals surface area contributed by atoms with Crippen molar-refractivity contribution in [3.63, 3.8) is 0 Å². The number of imidazole rings is 1. The largest absolute Gasteiger partial charge is 0.494 e. The topological polar surface area (TPSA) is 131 Å². The van der Waals surface area contributed by atoms with Gasteiger partial charge in [0.15, 0.2) is 17.2 Å². The number of hydrogen-bond acceptors (Lipinski definition) is 9. The molecule has 39 heavy (non-hydrogen) atoms. The average Bonchev–Trinajstić information content (AvgIpc) is 3.46. The second-order valence-electron chi connectivity index (χ2n) is 8.07. The maximum atomic E-state index is 9.22. The number of nitriles is 1. The maximum Gasteiger partial charge on any atom is 0.168 e. The van der Waals surface area contributed by atoms with Gasteiger partial charge in [-0.05, 0) is 60.2 Å². The second-order valence-corrected chi connectivity index (χ2v) is 10.1. The first-order valence-corrected chi connectivity index (χ1v) is 16.2. The Kier molecular flexibility index (Phi) is 8.93. The highest BCUT2D eigenvalue weighted by Gasteiger charge is 2.19. The summed E-state index contributed by atoms with van der Waals surface area (Å²) in [5, 5.41) is 20.3. The van der Waals surface area contributed by atoms with Crippen LogP contribution in [0.4, 0.5) is 23.0 Å². The van der Waals surface area contributed by atoms with Crippen molar-refractivity contribution in [2.45, 2.75) is 27.7 Å². The zero-order chi connectivity index (χ0) is 28.1. The lowest BCUT2D eigenvalue weighted by Crippen LogP contribution is -2.03. The summed E-state index contributed by atoms with van der Waals surface area (Å²) < 4.78 is 9.63. The monoisotopic (exact) mass is 654 g/mol. The molecule has 4 heterocycles. The lowest BCUT2D eigenvalue weighted by molar-refractivity contribution is 0.418. The summed E-state index contributed by atoms with van der Waals surface area (Å²) >= 11 is 2.32. The predicted octanol–water partition coefficient (Wildman–Crippen LogP) is 6.42. The molecule has 1 unspecified atom stereocenters. The van der Waals surface area contributed by atoms with E-state index in [-0.39, 0.29) is 0 Å². The number of anilines is 4. The van der Waals surface area contributed by atoms with Gasteiger partial charge < -0.3 is 15.4 Å². The van der Waals surface area contributed by atoms with Crippen molar-refractivity contribution in [3.8, 4) is 23.2 Å². The first-order chi connectivity index (χ1) is 18.9. The molecular formula is C26H28IN10OP. The third-order valence-electron chi connectivity index (χ3n) is 5.59. The molecule has 0 radical (unpaired) electrons. The van der Waals surface area contributed by atoms with Crippen molar-refractivity contribution in [1.82, 2.24) is 34.1 Å². The Labute approximate surface area is 241 Å². The molecule has 5 aromatic rings. The van der Waals surface area contributed by atoms with E-state index in [1.807, 2.05) is 59.0 Å². The quantitative estimate of drug-likeness (QED) is 0.151. The lowest BCUT2D eigenvalue weighted by Gasteiger charge is -2.16. The van der Waals surface area contributed by atoms with Crippen molar-refractivity contribution >= 4 is 62.6 Å². The van der Waals surface area contributed by atoms with Crippen LogP contribution in [-0.4, -0.2) is 41.2 Å². The molecule has 0 aliphatic rings. The van der Waals surface area contributed by atoms with Gasteiger partial charge in [0, 0.05) is 13.1 Å². The van der Waals surface area contributed by atoms with Gasteiger partial charge in [-0.25, -0.2) is 24.6 Å². The summed E-state index contributed by atoms with van der Waals surface area (Å²) in [5.41, 5.74) is 4.07. The van der Waals surface area contributed by atoms with Gasteiger partial charge in [0.1, 0.15) is 40.6 Å². The summed E-state index contributed by atoms with van der Waals surface area (Å²) in [5.74, 6) is 3.96. The number of fused-ring (bicyclic) bond motifs is 1. The highest BCUT2D eigenvalue weighted by Crippen LogP contribution is 2.40. The van der Waals surface area contributed by atoms with Gasteiger partial charge >= 0.3 is 0 Å². The van der Waals surface area contributed by atoms with E-state index in [4.69, 9.17) is 14.7 Å². The number of aromatic nitrogens is 7. The molecule has 11 nitrogen and oxygen atoms in total. The van der Waals surface area contributed by atoms with E-state index < -0.39 is 0 Å². The van der Waals surface area contributed by atoms with Gasteiger partial charge in [-0.15, -0.1) is 0 Å². The van der Waals surface area contributed by atoms with Gasteiger partial charge in [-0.3, -0.25) is 4.34 Å². The summed E-state index contributed by atoms with van der Waals surface area (Å²) in [7, 11) is 3.49. The number of para-hydroxylation sites is 1. The number of halogens is 1. The fourth-order valence-corrected chi connectivity index (χ4v) is 6.18. The van der Waals surface area contributed by atoms with E-state index >= 15 is 0 Å². The molecular weight excluding hydrogens is 626 g/mol. The molecule has 1 atom stereocenters. The van der Waals surface area contributed by atoms with E-state index in [1.165, 1.54) is 0 Å². The zero-order valence-corrected chi connectivity index (χ0v) is 25.6. The van der Waals surface area contributed by atoms with Gasteiger partial charge in [-0.2, -0.15) is 10.4 Å². The molecule has 1 aromatic carbocycles. The van der Waals surface area contributed by atoms with Crippen molar-refractivity contribution < 1.29 is 4.74 Å². The van der Waals surface area contributed by atoms with Crippen LogP contribution in [0.25, 0.3) is 22.6 Å². The highest BCUT2D eigenvalue weighted by atomic mass is 127. The molecule has 0 saturated carbocycles. The predicted molar refractivity (Wildman–Crippen MR) is 165 cm³/mol. The lowest BCUT2D eigenvalue weighted by atomic mass is 10.1. The van der Waals surface area contributed by atoms with Crippen LogP contribution in [0.15, 0.2) is 42.5 Å². The molecule has 4 aromatic heterocycles. The van der Waals surface area contributed by atoms with Crippen molar-refractivity contribution in [2.24, 2.45) is 7.05 Å². The molecule has 0 fully saturated rings. The molecule has 0 bridgehead atoms. The third kappa shape index (κ3) is 5.79. The van der Waals surface area contributed by atoms with E-state index in [2.05, 4.69) is 58.1 Å². The van der Waals surface area contributed by atoms with Gasteiger partial charge in [0.25, 0.3) is 0 Å². The minimum absolute atomic E-state index is 0.319. The Bertz CT molecular complexity index is 1670. The van der Waals surface area contributed by atoms with Gasteiger partial charge in [0.05, 0.1) is 30.4 Å². The molecule has 200 valence electrons. The van der Waals surface area contributed by atoms with Gasteiger partial charge in [0.2, 0.25) is 0 Å². The van der Waals surface area contributed by atoms with E-state index in [0.717, 1.165) is 33.9 Å². The van der Waals surface area contributed by atoms with E-state index in [9.17, 15) is 5.26 Å². The van der Waals surface area contributed by atoms with Crippen LogP contribution >= 0.6 is 28.4 Å². The second kappa shape index (κ2) is 12.4. The van der Waals surface area contributed by atoms with E-state index in [1.54, 1.807) is 30.0 Å². The normalized spacial score (nSPS) is 10.8. The average molecular weight is 654 g/mol. The van der Waals surface area contributed by atoms with Crippen molar-refractivity contribution in [3.05, 3.63) is 59.8 Å². The van der Waals surface area contributed by atoms with Crippen LogP contribution in [0.1, 0.15) is 31.2 Å². The summed E-state index contributed by atoms with van der Waals surface area (Å²) in [6, 6.07) is 15.0. The number of nitrogens with zero attached hydrogens (tertiary/aromatic N) is 8. The first kappa shape index (κ1) is 28.2. The Balaban J connectivity index is 0.00000172. The fraction of sp³-hybridized carbons (Fsp3) is 0.231. The minimum Gasteiger partial charge on any atom is -0.494 e. The maximum absolute atomic E-state index is 9.22. The Morgan fingerprint density at radius 2 is 1.74 bits per heavy atom. The third-order valence-corrected chi connectivity index (χ3v) is 7.74. The number of rotatable bonds is 7. The van der Waals surface area contributed by atoms with Gasteiger partial charge in [-0.1, -0.05) is 26.0 Å². The first-order valence-electron chi connectivity index (χ1n) is 12.1. The molecule has 2 N–H and O–H groups in total. The fourth-order valence-electron chi connectivity index (χ4n) is 4.04. The Morgan fingerprint density at radius 3 is 2.41 bits per heavy atom. The Morgan fingerprint density at radius 1 is 0.974 bits per heavy atom. The molecule has 0 spiro atoms. The molecule has 0 saturated heterocycles. The van der Waals surface area contributed by atoms with E-state index in [0.29, 0.717) is 41.1 Å². The van der Waals surface area contributed by atoms with Crippen LogP contribution in [0.5, 0.6) is 5.75 Å². The van der Waals surface area contributed by atoms with Crippen LogP contribution in [-0.2, 0) is 7.05 Å². The minimum atomic E-state index is 0.319. The van der Waals surface area contributed by atoms with Crippen LogP contribution in [0.3, 0.4) is 0 Å². The Hall–Kier alpha value is -3.82. The molecule has 13 heteroatoms. The smallest absolute Gasteiger partial charge is 0.168 e. The summed E-state index contributed by atoms with van der Waals surface area (Å²) in [6.45, 7) is 7.81. The number of aryl methyl sites for hydroxylation is 3. The molecule has 5 rings (SSSR count). The zero-order valence-electron chi connectivity index (χ0n) is 22.4. The highest BCUT2D eigenvalue weighted by molar-refractivity contribution is 14.2. The number of benzene rings is 1. The summed E-state index contributed by atoms with van der Waals surface area (Å²) in [4.78, 5) is 18.5.